The highest BCUT2D eigenvalue weighted by Gasteiger charge is 2.53. The van der Waals surface area contributed by atoms with Crippen molar-refractivity contribution in [2.24, 2.45) is 29.6 Å². The van der Waals surface area contributed by atoms with Crippen LogP contribution < -0.4 is 0 Å². The van der Waals surface area contributed by atoms with Gasteiger partial charge in [0.05, 0.1) is 18.9 Å². The third kappa shape index (κ3) is 2.69. The Kier molecular flexibility index (Phi) is 3.74. The van der Waals surface area contributed by atoms with Gasteiger partial charge in [-0.25, -0.2) is 0 Å². The van der Waals surface area contributed by atoms with Crippen LogP contribution in [0.2, 0.25) is 0 Å². The Morgan fingerprint density at radius 2 is 1.33 bits per heavy atom. The molecule has 21 heavy (non-hydrogen) atoms. The van der Waals surface area contributed by atoms with Crippen LogP contribution in [0.1, 0.15) is 52.4 Å². The number of methoxy groups -OCH3 is 1. The summed E-state index contributed by atoms with van der Waals surface area (Å²) in [4.78, 5) is 24.1. The van der Waals surface area contributed by atoms with Crippen molar-refractivity contribution in [2.45, 2.75) is 58.0 Å². The fraction of sp³-hybridized carbons (Fsp3) is 0.882. The number of carbonyl (C=O) groups is 2. The van der Waals surface area contributed by atoms with Gasteiger partial charge in [-0.3, -0.25) is 9.59 Å². The highest BCUT2D eigenvalue weighted by molar-refractivity contribution is 5.81. The monoisotopic (exact) mass is 294 g/mol. The number of carbonyl (C=O) groups excluding carboxylic acids is 2. The van der Waals surface area contributed by atoms with Crippen molar-refractivity contribution < 1.29 is 19.1 Å². The van der Waals surface area contributed by atoms with Gasteiger partial charge >= 0.3 is 11.9 Å². The quantitative estimate of drug-likeness (QED) is 0.748. The van der Waals surface area contributed by atoms with Gasteiger partial charge in [0, 0.05) is 0 Å². The van der Waals surface area contributed by atoms with Crippen LogP contribution in [0.3, 0.4) is 0 Å². The predicted molar refractivity (Wildman–Crippen MR) is 77.3 cm³/mol. The first kappa shape index (κ1) is 14.9. The van der Waals surface area contributed by atoms with Crippen LogP contribution in [-0.4, -0.2) is 24.6 Å². The molecule has 0 saturated heterocycles. The van der Waals surface area contributed by atoms with E-state index in [2.05, 4.69) is 0 Å². The van der Waals surface area contributed by atoms with E-state index in [1.165, 1.54) is 26.4 Å². The third-order valence-corrected chi connectivity index (χ3v) is 5.99. The molecule has 0 spiro atoms. The summed E-state index contributed by atoms with van der Waals surface area (Å²) in [6, 6.07) is 0. The minimum atomic E-state index is -0.448. The molecule has 2 unspecified atom stereocenters. The summed E-state index contributed by atoms with van der Waals surface area (Å²) >= 11 is 0. The van der Waals surface area contributed by atoms with Gasteiger partial charge in [0.1, 0.15) is 5.60 Å². The lowest BCUT2D eigenvalue weighted by Crippen LogP contribution is -2.53. The zero-order valence-electron chi connectivity index (χ0n) is 13.3. The molecule has 0 aromatic carbocycles. The number of esters is 2. The molecule has 0 aromatic rings. The van der Waals surface area contributed by atoms with Crippen molar-refractivity contribution in [3.63, 3.8) is 0 Å². The summed E-state index contributed by atoms with van der Waals surface area (Å²) in [5, 5.41) is 0. The van der Waals surface area contributed by atoms with E-state index in [1.54, 1.807) is 13.8 Å². The molecule has 4 saturated carbocycles. The molecule has 0 amide bonds. The summed E-state index contributed by atoms with van der Waals surface area (Å²) < 4.78 is 10.7. The maximum Gasteiger partial charge on any atom is 0.310 e. The Bertz CT molecular complexity index is 407. The summed E-state index contributed by atoms with van der Waals surface area (Å²) in [7, 11) is 1.36. The average Bonchev–Trinajstić information content (AvgIpc) is 2.42. The normalized spacial score (nSPS) is 39.7. The van der Waals surface area contributed by atoms with Crippen LogP contribution in [0.5, 0.6) is 0 Å². The first-order valence-electron chi connectivity index (χ1n) is 8.23. The SMILES string of the molecule is COC(=O)C(C)C(C)C(=O)OC12CC3CC(CC(C3)C1)C2. The standard InChI is InChI=1S/C17H26O4/c1-10(15(18)20-3)11(2)16(19)21-17-7-12-4-13(8-17)6-14(5-12)9-17/h10-14H,4-9H2,1-3H3. The molecule has 0 heterocycles. The van der Waals surface area contributed by atoms with Crippen LogP contribution in [0.15, 0.2) is 0 Å². The van der Waals surface area contributed by atoms with Gasteiger partial charge in [0.25, 0.3) is 0 Å². The Balaban J connectivity index is 1.66. The Morgan fingerprint density at radius 3 is 1.76 bits per heavy atom. The molecule has 118 valence electrons. The lowest BCUT2D eigenvalue weighted by atomic mass is 9.54. The molecule has 4 nitrogen and oxygen atoms in total. The second-order valence-electron chi connectivity index (χ2n) is 7.62. The second kappa shape index (κ2) is 5.29. The van der Waals surface area contributed by atoms with E-state index in [1.807, 2.05) is 0 Å². The molecular weight excluding hydrogens is 268 g/mol. The van der Waals surface area contributed by atoms with Gasteiger partial charge in [-0.05, 0) is 56.3 Å². The summed E-state index contributed by atoms with van der Waals surface area (Å²) in [5.74, 6) is 0.786. The lowest BCUT2D eigenvalue weighted by Gasteiger charge is -2.55. The third-order valence-electron chi connectivity index (χ3n) is 5.99. The number of hydrogen-bond acceptors (Lipinski definition) is 4. The minimum absolute atomic E-state index is 0.226. The minimum Gasteiger partial charge on any atom is -0.469 e. The topological polar surface area (TPSA) is 52.6 Å². The molecule has 4 heteroatoms. The maximum atomic E-state index is 12.5. The van der Waals surface area contributed by atoms with Gasteiger partial charge in [-0.15, -0.1) is 0 Å². The Morgan fingerprint density at radius 1 is 0.905 bits per heavy atom. The second-order valence-corrected chi connectivity index (χ2v) is 7.62. The highest BCUT2D eigenvalue weighted by atomic mass is 16.6. The molecule has 2 atom stereocenters. The molecule has 4 aliphatic carbocycles. The van der Waals surface area contributed by atoms with Gasteiger partial charge in [-0.1, -0.05) is 13.8 Å². The highest BCUT2D eigenvalue weighted by Crippen LogP contribution is 2.57. The molecular formula is C17H26O4. The van der Waals surface area contributed by atoms with E-state index in [-0.39, 0.29) is 17.5 Å². The van der Waals surface area contributed by atoms with Crippen LogP contribution in [0.4, 0.5) is 0 Å². The van der Waals surface area contributed by atoms with E-state index in [9.17, 15) is 9.59 Å². The molecule has 0 aliphatic heterocycles. The van der Waals surface area contributed by atoms with Crippen LogP contribution in [0, 0.1) is 29.6 Å². The number of ether oxygens (including phenoxy) is 2. The van der Waals surface area contributed by atoms with Crippen molar-refractivity contribution in [3.8, 4) is 0 Å². The van der Waals surface area contributed by atoms with Gasteiger partial charge in [0.15, 0.2) is 0 Å². The van der Waals surface area contributed by atoms with Crippen LogP contribution in [-0.2, 0) is 19.1 Å². The molecule has 4 fully saturated rings. The first-order chi connectivity index (χ1) is 9.92. The molecule has 0 radical (unpaired) electrons. The zero-order valence-corrected chi connectivity index (χ0v) is 13.3. The smallest absolute Gasteiger partial charge is 0.310 e. The van der Waals surface area contributed by atoms with E-state index in [4.69, 9.17) is 9.47 Å². The number of hydrogen-bond donors (Lipinski definition) is 0. The van der Waals surface area contributed by atoms with E-state index in [0.29, 0.717) is 0 Å². The molecule has 0 aromatic heterocycles. The Labute approximate surface area is 126 Å². The van der Waals surface area contributed by atoms with Crippen molar-refractivity contribution >= 4 is 11.9 Å². The summed E-state index contributed by atoms with van der Waals surface area (Å²) in [5.41, 5.74) is -0.226. The van der Waals surface area contributed by atoms with Gasteiger partial charge in [-0.2, -0.15) is 0 Å². The van der Waals surface area contributed by atoms with Crippen molar-refractivity contribution in [1.82, 2.24) is 0 Å². The molecule has 4 aliphatic rings. The summed E-state index contributed by atoms with van der Waals surface area (Å²) in [6.07, 6.45) is 7.07. The van der Waals surface area contributed by atoms with Crippen molar-refractivity contribution in [2.75, 3.05) is 7.11 Å². The fourth-order valence-corrected chi connectivity index (χ4v) is 5.06. The van der Waals surface area contributed by atoms with Crippen LogP contribution >= 0.6 is 0 Å². The van der Waals surface area contributed by atoms with Crippen LogP contribution in [0.25, 0.3) is 0 Å². The lowest BCUT2D eigenvalue weighted by molar-refractivity contribution is -0.193. The van der Waals surface area contributed by atoms with Gasteiger partial charge in [0.2, 0.25) is 0 Å². The molecule has 4 bridgehead atoms. The van der Waals surface area contributed by atoms with E-state index >= 15 is 0 Å². The fourth-order valence-electron chi connectivity index (χ4n) is 5.06. The van der Waals surface area contributed by atoms with Gasteiger partial charge < -0.3 is 9.47 Å². The van der Waals surface area contributed by atoms with E-state index in [0.717, 1.165) is 37.0 Å². The molecule has 4 rings (SSSR count). The van der Waals surface area contributed by atoms with Crippen molar-refractivity contribution in [1.29, 1.82) is 0 Å². The zero-order chi connectivity index (χ0) is 15.2. The number of rotatable bonds is 4. The van der Waals surface area contributed by atoms with Crippen molar-refractivity contribution in [3.05, 3.63) is 0 Å². The maximum absolute atomic E-state index is 12.5. The summed E-state index contributed by atoms with van der Waals surface area (Å²) in [6.45, 7) is 3.50. The Hall–Kier alpha value is -1.06. The first-order valence-corrected chi connectivity index (χ1v) is 8.23. The molecule has 0 N–H and O–H groups in total. The average molecular weight is 294 g/mol. The van der Waals surface area contributed by atoms with E-state index < -0.39 is 11.8 Å². The predicted octanol–water partition coefficient (Wildman–Crippen LogP) is 2.94. The largest absolute Gasteiger partial charge is 0.469 e.